The van der Waals surface area contributed by atoms with Crippen LogP contribution in [0.25, 0.3) is 22.6 Å². The van der Waals surface area contributed by atoms with E-state index in [4.69, 9.17) is 19.8 Å². The van der Waals surface area contributed by atoms with Crippen molar-refractivity contribution in [3.05, 3.63) is 48.2 Å². The Bertz CT molecular complexity index is 1310. The van der Waals surface area contributed by atoms with E-state index in [9.17, 15) is 14.0 Å². The Morgan fingerprint density at radius 2 is 1.97 bits per heavy atom. The highest BCUT2D eigenvalue weighted by Gasteiger charge is 2.40. The highest BCUT2D eigenvalue weighted by Crippen LogP contribution is 2.35. The van der Waals surface area contributed by atoms with Crippen LogP contribution in [0.1, 0.15) is 25.5 Å². The number of carboxylic acids is 1. The number of hydrogen-bond acceptors (Lipinski definition) is 9. The maximum absolute atomic E-state index is 13.6. The number of amides is 1. The van der Waals surface area contributed by atoms with Gasteiger partial charge in [-0.15, -0.1) is 0 Å². The Morgan fingerprint density at radius 3 is 2.65 bits per heavy atom. The SMILES string of the molecule is CC1(C(=O)NCC#N)COC(c2nc(-c3ccc(F)cc3)c(-c3ccnc(NCCC(=O)O)n3)[nH]2)OC1. The lowest BCUT2D eigenvalue weighted by atomic mass is 9.91. The number of carboxylic acid groups (broad SMARTS) is 1. The zero-order valence-electron chi connectivity index (χ0n) is 19.8. The van der Waals surface area contributed by atoms with Crippen LogP contribution in [0.2, 0.25) is 0 Å². The Balaban J connectivity index is 1.61. The van der Waals surface area contributed by atoms with Gasteiger partial charge in [-0.1, -0.05) is 0 Å². The summed E-state index contributed by atoms with van der Waals surface area (Å²) >= 11 is 0. The molecule has 1 saturated heterocycles. The molecule has 2 aromatic heterocycles. The van der Waals surface area contributed by atoms with Crippen molar-refractivity contribution in [2.24, 2.45) is 5.41 Å². The molecule has 3 heterocycles. The zero-order chi connectivity index (χ0) is 26.4. The van der Waals surface area contributed by atoms with Crippen molar-refractivity contribution >= 4 is 17.8 Å². The van der Waals surface area contributed by atoms with Gasteiger partial charge in [0.15, 0.2) is 5.82 Å². The molecule has 192 valence electrons. The van der Waals surface area contributed by atoms with E-state index in [1.165, 1.54) is 18.3 Å². The Labute approximate surface area is 210 Å². The molecule has 0 spiro atoms. The first-order chi connectivity index (χ1) is 17.8. The quantitative estimate of drug-likeness (QED) is 0.313. The minimum atomic E-state index is -0.980. The lowest BCUT2D eigenvalue weighted by Gasteiger charge is -2.35. The van der Waals surface area contributed by atoms with Crippen LogP contribution in [0.15, 0.2) is 36.5 Å². The van der Waals surface area contributed by atoms with Gasteiger partial charge < -0.3 is 30.2 Å². The van der Waals surface area contributed by atoms with Gasteiger partial charge in [0.25, 0.3) is 0 Å². The lowest BCUT2D eigenvalue weighted by Crippen LogP contribution is -2.48. The third-order valence-corrected chi connectivity index (χ3v) is 5.58. The molecule has 0 bridgehead atoms. The van der Waals surface area contributed by atoms with Gasteiger partial charge in [-0.05, 0) is 37.3 Å². The highest BCUT2D eigenvalue weighted by molar-refractivity contribution is 5.83. The predicted molar refractivity (Wildman–Crippen MR) is 127 cm³/mol. The number of ether oxygens (including phenoxy) is 2. The number of nitrogens with zero attached hydrogens (tertiary/aromatic N) is 4. The molecule has 1 aromatic carbocycles. The highest BCUT2D eigenvalue weighted by atomic mass is 19.1. The fourth-order valence-electron chi connectivity index (χ4n) is 3.60. The molecule has 0 saturated carbocycles. The molecule has 12 nitrogen and oxygen atoms in total. The van der Waals surface area contributed by atoms with Crippen LogP contribution in [0.3, 0.4) is 0 Å². The average molecular weight is 509 g/mol. The third kappa shape index (κ3) is 6.05. The van der Waals surface area contributed by atoms with Gasteiger partial charge in [-0.2, -0.15) is 5.26 Å². The molecule has 4 rings (SSSR count). The zero-order valence-corrected chi connectivity index (χ0v) is 19.8. The molecule has 1 aliphatic rings. The van der Waals surface area contributed by atoms with Crippen LogP contribution in [-0.2, 0) is 19.1 Å². The minimum absolute atomic E-state index is 0.0298. The number of carbonyl (C=O) groups excluding carboxylic acids is 1. The molecule has 4 N–H and O–H groups in total. The van der Waals surface area contributed by atoms with Crippen LogP contribution in [-0.4, -0.2) is 63.2 Å². The summed E-state index contributed by atoms with van der Waals surface area (Å²) in [7, 11) is 0. The van der Waals surface area contributed by atoms with Gasteiger partial charge >= 0.3 is 5.97 Å². The largest absolute Gasteiger partial charge is 0.481 e. The number of aromatic amines is 1. The number of rotatable bonds is 9. The first-order valence-electron chi connectivity index (χ1n) is 11.3. The van der Waals surface area contributed by atoms with E-state index >= 15 is 0 Å². The Morgan fingerprint density at radius 1 is 1.24 bits per heavy atom. The van der Waals surface area contributed by atoms with Crippen LogP contribution < -0.4 is 10.6 Å². The number of H-pyrrole nitrogens is 1. The van der Waals surface area contributed by atoms with Gasteiger partial charge in [-0.25, -0.2) is 19.3 Å². The number of aliphatic carboxylic acids is 1. The minimum Gasteiger partial charge on any atom is -0.481 e. The summed E-state index contributed by atoms with van der Waals surface area (Å²) < 4.78 is 25.2. The number of nitrogens with one attached hydrogen (secondary N) is 3. The molecule has 0 aliphatic carbocycles. The first kappa shape index (κ1) is 25.7. The van der Waals surface area contributed by atoms with E-state index in [2.05, 4.69) is 30.6 Å². The maximum Gasteiger partial charge on any atom is 0.305 e. The number of hydrogen-bond donors (Lipinski definition) is 4. The number of imidazole rings is 1. The van der Waals surface area contributed by atoms with Crippen molar-refractivity contribution in [3.63, 3.8) is 0 Å². The molecular formula is C24H24FN7O5. The first-order valence-corrected chi connectivity index (χ1v) is 11.3. The monoisotopic (exact) mass is 509 g/mol. The second-order valence-electron chi connectivity index (χ2n) is 8.54. The second-order valence-corrected chi connectivity index (χ2v) is 8.54. The van der Waals surface area contributed by atoms with Gasteiger partial charge in [0, 0.05) is 18.3 Å². The van der Waals surface area contributed by atoms with E-state index < -0.39 is 23.5 Å². The molecule has 0 unspecified atom stereocenters. The summed E-state index contributed by atoms with van der Waals surface area (Å²) in [6, 6.07) is 9.28. The van der Waals surface area contributed by atoms with Crippen molar-refractivity contribution in [3.8, 4) is 28.7 Å². The summed E-state index contributed by atoms with van der Waals surface area (Å²) in [5.41, 5.74) is 1.01. The van der Waals surface area contributed by atoms with Gasteiger partial charge in [0.05, 0.1) is 48.2 Å². The molecule has 3 aromatic rings. The number of nitriles is 1. The summed E-state index contributed by atoms with van der Waals surface area (Å²) in [5.74, 6) is -1.17. The van der Waals surface area contributed by atoms with E-state index in [-0.39, 0.29) is 44.6 Å². The molecule has 0 atom stereocenters. The summed E-state index contributed by atoms with van der Waals surface area (Å²) in [6.45, 7) is 1.76. The van der Waals surface area contributed by atoms with Crippen LogP contribution in [0.4, 0.5) is 10.3 Å². The summed E-state index contributed by atoms with van der Waals surface area (Å²) in [6.07, 6.45) is 0.492. The molecule has 13 heteroatoms. The summed E-state index contributed by atoms with van der Waals surface area (Å²) in [5, 5.41) is 22.9. The molecule has 0 radical (unpaired) electrons. The fraction of sp³-hybridized carbons (Fsp3) is 0.333. The van der Waals surface area contributed by atoms with Crippen LogP contribution >= 0.6 is 0 Å². The number of carbonyl (C=O) groups is 2. The van der Waals surface area contributed by atoms with Crippen molar-refractivity contribution in [2.45, 2.75) is 19.6 Å². The van der Waals surface area contributed by atoms with E-state index in [1.54, 1.807) is 25.1 Å². The lowest BCUT2D eigenvalue weighted by molar-refractivity contribution is -0.230. The van der Waals surface area contributed by atoms with Gasteiger partial charge in [0.1, 0.15) is 12.4 Å². The Kier molecular flexibility index (Phi) is 7.71. The van der Waals surface area contributed by atoms with Crippen molar-refractivity contribution < 1.29 is 28.6 Å². The van der Waals surface area contributed by atoms with Crippen LogP contribution in [0.5, 0.6) is 0 Å². The normalized spacial score (nSPS) is 19.1. The smallest absolute Gasteiger partial charge is 0.305 e. The predicted octanol–water partition coefficient (Wildman–Crippen LogP) is 2.25. The van der Waals surface area contributed by atoms with Gasteiger partial charge in [0.2, 0.25) is 18.1 Å². The van der Waals surface area contributed by atoms with Crippen molar-refractivity contribution in [2.75, 3.05) is 31.6 Å². The molecule has 1 amide bonds. The standard InChI is InChI=1S/C24H24FN7O5/c1-24(22(35)27-11-8-26)12-36-21(37-13-24)20-31-18(14-2-4-15(25)5-3-14)19(32-20)16-6-9-28-23(30-16)29-10-7-17(33)34/h2-6,9,21H,7,10-13H2,1H3,(H,27,35)(H,31,32)(H,33,34)(H,28,29,30). The topological polar surface area (TPSA) is 175 Å². The van der Waals surface area contributed by atoms with Crippen LogP contribution in [0, 0.1) is 22.6 Å². The number of benzene rings is 1. The van der Waals surface area contributed by atoms with E-state index in [0.717, 1.165) is 0 Å². The number of anilines is 1. The van der Waals surface area contributed by atoms with Gasteiger partial charge in [-0.3, -0.25) is 9.59 Å². The number of aromatic nitrogens is 4. The molecular weight excluding hydrogens is 485 g/mol. The summed E-state index contributed by atoms with van der Waals surface area (Å²) in [4.78, 5) is 39.6. The third-order valence-electron chi connectivity index (χ3n) is 5.58. The molecule has 37 heavy (non-hydrogen) atoms. The fourth-order valence-corrected chi connectivity index (χ4v) is 3.60. The molecule has 1 aliphatic heterocycles. The second kappa shape index (κ2) is 11.1. The van der Waals surface area contributed by atoms with E-state index in [1.807, 2.05) is 6.07 Å². The Hall–Kier alpha value is -4.41. The van der Waals surface area contributed by atoms with E-state index in [0.29, 0.717) is 28.5 Å². The van der Waals surface area contributed by atoms with Crippen molar-refractivity contribution in [1.29, 1.82) is 5.26 Å². The number of halogens is 1. The molecule has 1 fully saturated rings. The average Bonchev–Trinajstić information content (AvgIpc) is 3.33. The maximum atomic E-state index is 13.6. The van der Waals surface area contributed by atoms with Crippen molar-refractivity contribution in [1.82, 2.24) is 25.3 Å².